The van der Waals surface area contributed by atoms with Crippen LogP contribution in [0, 0.1) is 0 Å². The molecule has 0 unspecified atom stereocenters. The predicted octanol–water partition coefficient (Wildman–Crippen LogP) is 2.44. The summed E-state index contributed by atoms with van der Waals surface area (Å²) in [6.07, 6.45) is 0. The predicted molar refractivity (Wildman–Crippen MR) is 101 cm³/mol. The molecule has 0 aliphatic rings. The number of fused-ring (bicyclic) bond motifs is 1. The van der Waals surface area contributed by atoms with E-state index >= 15 is 0 Å². The molecule has 0 bridgehead atoms. The number of benzene rings is 1. The molecule has 0 aliphatic carbocycles. The Morgan fingerprint density at radius 1 is 1.36 bits per heavy atom. The molecule has 1 N–H and O–H groups in total. The Hall–Kier alpha value is -1.86. The number of hydrogen-bond acceptors (Lipinski definition) is 5. The number of thioether (sulfide) groups is 1. The van der Waals surface area contributed by atoms with Gasteiger partial charge in [0, 0.05) is 12.6 Å². The van der Waals surface area contributed by atoms with Crippen molar-refractivity contribution in [2.24, 2.45) is 0 Å². The van der Waals surface area contributed by atoms with Crippen LogP contribution in [-0.2, 0) is 16.1 Å². The molecule has 0 saturated carbocycles. The number of ether oxygens (including phenoxy) is 1. The molecule has 0 saturated heterocycles. The molecule has 0 aliphatic heterocycles. The molecule has 2 aromatic rings. The molecule has 0 radical (unpaired) electrons. The third-order valence-corrected chi connectivity index (χ3v) is 4.59. The van der Waals surface area contributed by atoms with E-state index in [0.29, 0.717) is 29.2 Å². The van der Waals surface area contributed by atoms with Gasteiger partial charge in [-0.15, -0.1) is 0 Å². The SMILES string of the molecule is COCCn1c(S[C@@H](C)C(=O)NC(C)(C)C)nc2ccccc2c1=O. The van der Waals surface area contributed by atoms with E-state index in [1.807, 2.05) is 39.8 Å². The van der Waals surface area contributed by atoms with Crippen LogP contribution in [-0.4, -0.2) is 40.0 Å². The maximum absolute atomic E-state index is 12.8. The van der Waals surface area contributed by atoms with Crippen molar-refractivity contribution < 1.29 is 9.53 Å². The second-order valence-corrected chi connectivity index (χ2v) is 8.17. The van der Waals surface area contributed by atoms with Crippen molar-refractivity contribution in [3.05, 3.63) is 34.6 Å². The van der Waals surface area contributed by atoms with Crippen LogP contribution in [0.25, 0.3) is 10.9 Å². The number of carbonyl (C=O) groups excluding carboxylic acids is 1. The molecule has 1 aromatic carbocycles. The molecule has 1 atom stereocenters. The number of nitrogens with zero attached hydrogens (tertiary/aromatic N) is 2. The topological polar surface area (TPSA) is 73.2 Å². The van der Waals surface area contributed by atoms with E-state index in [4.69, 9.17) is 4.74 Å². The standard InChI is InChI=1S/C18H25N3O3S/c1-12(15(22)20-18(2,3)4)25-17-19-14-9-7-6-8-13(14)16(23)21(17)10-11-24-5/h6-9,12H,10-11H2,1-5H3,(H,20,22)/t12-/m0/s1. The summed E-state index contributed by atoms with van der Waals surface area (Å²) < 4.78 is 6.69. The molecule has 25 heavy (non-hydrogen) atoms. The summed E-state index contributed by atoms with van der Waals surface area (Å²) in [5, 5.41) is 3.67. The van der Waals surface area contributed by atoms with Crippen molar-refractivity contribution in [1.82, 2.24) is 14.9 Å². The highest BCUT2D eigenvalue weighted by Crippen LogP contribution is 2.23. The van der Waals surface area contributed by atoms with Gasteiger partial charge in [-0.25, -0.2) is 4.98 Å². The van der Waals surface area contributed by atoms with Gasteiger partial charge in [0.2, 0.25) is 5.91 Å². The lowest BCUT2D eigenvalue weighted by Gasteiger charge is -2.23. The van der Waals surface area contributed by atoms with Gasteiger partial charge in [-0.05, 0) is 39.8 Å². The fraction of sp³-hybridized carbons (Fsp3) is 0.500. The monoisotopic (exact) mass is 363 g/mol. The first kappa shape index (κ1) is 19.5. The zero-order valence-corrected chi connectivity index (χ0v) is 16.1. The van der Waals surface area contributed by atoms with Crippen molar-refractivity contribution >= 4 is 28.6 Å². The Labute approximate surface area is 152 Å². The molecule has 0 spiro atoms. The number of para-hydroxylation sites is 1. The number of amides is 1. The number of hydrogen-bond donors (Lipinski definition) is 1. The summed E-state index contributed by atoms with van der Waals surface area (Å²) in [4.78, 5) is 29.8. The van der Waals surface area contributed by atoms with Crippen molar-refractivity contribution in [2.75, 3.05) is 13.7 Å². The normalized spacial score (nSPS) is 13.0. The molecule has 1 amide bonds. The average Bonchev–Trinajstić information content (AvgIpc) is 2.53. The van der Waals surface area contributed by atoms with Crippen LogP contribution >= 0.6 is 11.8 Å². The molecule has 0 fully saturated rings. The summed E-state index contributed by atoms with van der Waals surface area (Å²) >= 11 is 1.28. The van der Waals surface area contributed by atoms with Crippen LogP contribution in [0.1, 0.15) is 27.7 Å². The van der Waals surface area contributed by atoms with E-state index in [-0.39, 0.29) is 22.3 Å². The Kier molecular flexibility index (Phi) is 6.24. The highest BCUT2D eigenvalue weighted by molar-refractivity contribution is 8.00. The quantitative estimate of drug-likeness (QED) is 0.630. The molecule has 1 heterocycles. The zero-order chi connectivity index (χ0) is 18.6. The van der Waals surface area contributed by atoms with Gasteiger partial charge in [0.1, 0.15) is 0 Å². The molecule has 136 valence electrons. The lowest BCUT2D eigenvalue weighted by molar-refractivity contribution is -0.121. The highest BCUT2D eigenvalue weighted by Gasteiger charge is 2.22. The van der Waals surface area contributed by atoms with Gasteiger partial charge in [0.25, 0.3) is 5.56 Å². The van der Waals surface area contributed by atoms with Crippen LogP contribution in [0.4, 0.5) is 0 Å². The molecule has 1 aromatic heterocycles. The first-order valence-corrected chi connectivity index (χ1v) is 9.08. The van der Waals surface area contributed by atoms with Crippen LogP contribution in [0.2, 0.25) is 0 Å². The second kappa shape index (κ2) is 8.01. The van der Waals surface area contributed by atoms with Crippen molar-refractivity contribution in [2.45, 2.75) is 50.2 Å². The van der Waals surface area contributed by atoms with Gasteiger partial charge >= 0.3 is 0 Å². The van der Waals surface area contributed by atoms with Gasteiger partial charge < -0.3 is 10.1 Å². The number of methoxy groups -OCH3 is 1. The number of rotatable bonds is 6. The minimum atomic E-state index is -0.374. The Morgan fingerprint density at radius 3 is 2.68 bits per heavy atom. The van der Waals surface area contributed by atoms with Crippen molar-refractivity contribution in [1.29, 1.82) is 0 Å². The number of nitrogens with one attached hydrogen (secondary N) is 1. The lowest BCUT2D eigenvalue weighted by atomic mass is 10.1. The maximum Gasteiger partial charge on any atom is 0.262 e. The van der Waals surface area contributed by atoms with E-state index in [2.05, 4.69) is 10.3 Å². The zero-order valence-electron chi connectivity index (χ0n) is 15.3. The molecule has 7 heteroatoms. The van der Waals surface area contributed by atoms with Crippen LogP contribution < -0.4 is 10.9 Å². The van der Waals surface area contributed by atoms with Crippen LogP contribution in [0.3, 0.4) is 0 Å². The van der Waals surface area contributed by atoms with Crippen molar-refractivity contribution in [3.8, 4) is 0 Å². The lowest BCUT2D eigenvalue weighted by Crippen LogP contribution is -2.44. The fourth-order valence-corrected chi connectivity index (χ4v) is 3.23. The summed E-state index contributed by atoms with van der Waals surface area (Å²) in [5.74, 6) is -0.0850. The Balaban J connectivity index is 2.38. The third-order valence-electron chi connectivity index (χ3n) is 3.50. The summed E-state index contributed by atoms with van der Waals surface area (Å²) in [7, 11) is 1.59. The van der Waals surface area contributed by atoms with E-state index in [1.165, 1.54) is 11.8 Å². The second-order valence-electron chi connectivity index (χ2n) is 6.86. The smallest absolute Gasteiger partial charge is 0.262 e. The van der Waals surface area contributed by atoms with Gasteiger partial charge in [-0.3, -0.25) is 14.2 Å². The number of carbonyl (C=O) groups is 1. The Morgan fingerprint density at radius 2 is 2.04 bits per heavy atom. The van der Waals surface area contributed by atoms with Gasteiger partial charge in [-0.1, -0.05) is 23.9 Å². The van der Waals surface area contributed by atoms with Gasteiger partial charge in [0.15, 0.2) is 5.16 Å². The largest absolute Gasteiger partial charge is 0.383 e. The third kappa shape index (κ3) is 5.06. The summed E-state index contributed by atoms with van der Waals surface area (Å²) in [6.45, 7) is 8.41. The maximum atomic E-state index is 12.8. The van der Waals surface area contributed by atoms with E-state index in [9.17, 15) is 9.59 Å². The Bertz CT molecular complexity index is 811. The van der Waals surface area contributed by atoms with Crippen LogP contribution in [0.15, 0.2) is 34.2 Å². The fourth-order valence-electron chi connectivity index (χ4n) is 2.30. The highest BCUT2D eigenvalue weighted by atomic mass is 32.2. The van der Waals surface area contributed by atoms with E-state index in [1.54, 1.807) is 23.8 Å². The van der Waals surface area contributed by atoms with Crippen LogP contribution in [0.5, 0.6) is 0 Å². The first-order valence-electron chi connectivity index (χ1n) is 8.20. The van der Waals surface area contributed by atoms with E-state index < -0.39 is 0 Å². The minimum absolute atomic E-state index is 0.0850. The van der Waals surface area contributed by atoms with Gasteiger partial charge in [0.05, 0.1) is 29.3 Å². The first-order chi connectivity index (χ1) is 11.7. The number of aromatic nitrogens is 2. The molecular weight excluding hydrogens is 338 g/mol. The summed E-state index contributed by atoms with van der Waals surface area (Å²) in [6, 6.07) is 7.23. The van der Waals surface area contributed by atoms with E-state index in [0.717, 1.165) is 0 Å². The minimum Gasteiger partial charge on any atom is -0.383 e. The summed E-state index contributed by atoms with van der Waals surface area (Å²) in [5.41, 5.74) is 0.207. The average molecular weight is 363 g/mol. The molecule has 2 rings (SSSR count). The molecular formula is C18H25N3O3S. The van der Waals surface area contributed by atoms with Gasteiger partial charge in [-0.2, -0.15) is 0 Å². The van der Waals surface area contributed by atoms with Crippen molar-refractivity contribution in [3.63, 3.8) is 0 Å². The molecule has 6 nitrogen and oxygen atoms in total.